The average molecular weight is 306 g/mol. The minimum Gasteiger partial charge on any atom is -0.494 e. The smallest absolute Gasteiger partial charge is 0.119 e. The summed E-state index contributed by atoms with van der Waals surface area (Å²) in [6.07, 6.45) is 3.57. The number of hydrogen-bond acceptors (Lipinski definition) is 3. The van der Waals surface area contributed by atoms with Gasteiger partial charge in [-0.05, 0) is 51.4 Å². The summed E-state index contributed by atoms with van der Waals surface area (Å²) in [5, 5.41) is 0. The summed E-state index contributed by atoms with van der Waals surface area (Å²) in [7, 11) is 0. The van der Waals surface area contributed by atoms with Crippen LogP contribution in [0, 0.1) is 0 Å². The summed E-state index contributed by atoms with van der Waals surface area (Å²) in [5.41, 5.74) is 7.43. The van der Waals surface area contributed by atoms with Crippen LogP contribution < -0.4 is 10.5 Å². The molecule has 0 aliphatic heterocycles. The van der Waals surface area contributed by atoms with Crippen LogP contribution in [-0.4, -0.2) is 30.1 Å². The van der Waals surface area contributed by atoms with Crippen molar-refractivity contribution in [2.24, 2.45) is 5.73 Å². The monoisotopic (exact) mass is 306 g/mol. The number of benzene rings is 1. The highest BCUT2D eigenvalue weighted by atomic mass is 16.5. The van der Waals surface area contributed by atoms with Crippen LogP contribution in [0.4, 0.5) is 0 Å². The minimum absolute atomic E-state index is 0.105. The fraction of sp³-hybridized carbons (Fsp3) is 0.684. The van der Waals surface area contributed by atoms with Crippen LogP contribution in [0.5, 0.6) is 5.75 Å². The van der Waals surface area contributed by atoms with Gasteiger partial charge in [0.15, 0.2) is 0 Å². The molecule has 0 spiro atoms. The molecule has 0 aromatic heterocycles. The molecule has 3 heteroatoms. The predicted octanol–water partition coefficient (Wildman–Crippen LogP) is 4.38. The zero-order chi connectivity index (χ0) is 16.6. The molecule has 2 N–H and O–H groups in total. The highest BCUT2D eigenvalue weighted by molar-refractivity contribution is 5.29. The van der Waals surface area contributed by atoms with Gasteiger partial charge in [0.25, 0.3) is 0 Å². The van der Waals surface area contributed by atoms with Crippen LogP contribution >= 0.6 is 0 Å². The van der Waals surface area contributed by atoms with Gasteiger partial charge in [-0.2, -0.15) is 0 Å². The predicted molar refractivity (Wildman–Crippen MR) is 95.4 cm³/mol. The van der Waals surface area contributed by atoms with Crippen molar-refractivity contribution in [2.45, 2.75) is 65.5 Å². The Morgan fingerprint density at radius 2 is 1.73 bits per heavy atom. The number of rotatable bonds is 9. The van der Waals surface area contributed by atoms with Gasteiger partial charge in [0.2, 0.25) is 0 Å². The van der Waals surface area contributed by atoms with Crippen molar-refractivity contribution in [1.82, 2.24) is 4.90 Å². The molecule has 1 unspecified atom stereocenters. The normalized spacial score (nSPS) is 13.4. The van der Waals surface area contributed by atoms with Gasteiger partial charge in [-0.25, -0.2) is 0 Å². The second kappa shape index (κ2) is 9.16. The highest BCUT2D eigenvalue weighted by Gasteiger charge is 2.27. The van der Waals surface area contributed by atoms with E-state index in [-0.39, 0.29) is 11.6 Å². The number of hydrogen-bond donors (Lipinski definition) is 1. The van der Waals surface area contributed by atoms with Gasteiger partial charge in [0, 0.05) is 18.1 Å². The molecule has 1 rings (SSSR count). The van der Waals surface area contributed by atoms with E-state index in [0.29, 0.717) is 6.54 Å². The number of likely N-dealkylation sites (N-methyl/N-ethyl adjacent to an activating group) is 1. The Bertz CT molecular complexity index is 408. The Labute approximate surface area is 136 Å². The van der Waals surface area contributed by atoms with Crippen LogP contribution in [0.25, 0.3) is 0 Å². The van der Waals surface area contributed by atoms with Crippen LogP contribution in [0.15, 0.2) is 24.3 Å². The third-order valence-electron chi connectivity index (χ3n) is 4.08. The van der Waals surface area contributed by atoms with Crippen molar-refractivity contribution in [3.63, 3.8) is 0 Å². The average Bonchev–Trinajstić information content (AvgIpc) is 2.48. The lowest BCUT2D eigenvalue weighted by Crippen LogP contribution is -2.46. The number of nitrogens with two attached hydrogens (primary N) is 1. The fourth-order valence-corrected chi connectivity index (χ4v) is 2.93. The van der Waals surface area contributed by atoms with Crippen molar-refractivity contribution in [2.75, 3.05) is 19.7 Å². The Morgan fingerprint density at radius 3 is 2.18 bits per heavy atom. The van der Waals surface area contributed by atoms with E-state index in [1.807, 2.05) is 0 Å². The summed E-state index contributed by atoms with van der Waals surface area (Å²) in [5.74, 6) is 0.953. The van der Waals surface area contributed by atoms with E-state index in [1.54, 1.807) is 0 Å². The lowest BCUT2D eigenvalue weighted by atomic mass is 9.98. The van der Waals surface area contributed by atoms with Crippen LogP contribution in [0.1, 0.15) is 65.5 Å². The lowest BCUT2D eigenvalue weighted by Gasteiger charge is -2.41. The summed E-state index contributed by atoms with van der Waals surface area (Å²) in [6.45, 7) is 13.5. The molecule has 0 saturated carbocycles. The van der Waals surface area contributed by atoms with Gasteiger partial charge in [0.05, 0.1) is 6.61 Å². The maximum Gasteiger partial charge on any atom is 0.119 e. The summed E-state index contributed by atoms with van der Waals surface area (Å²) in [6, 6.07) is 8.70. The van der Waals surface area contributed by atoms with Crippen molar-refractivity contribution in [1.29, 1.82) is 0 Å². The van der Waals surface area contributed by atoms with E-state index < -0.39 is 0 Å². The molecule has 0 aliphatic carbocycles. The molecule has 3 nitrogen and oxygen atoms in total. The first kappa shape index (κ1) is 19.0. The molecule has 0 heterocycles. The number of unbranched alkanes of at least 4 members (excludes halogenated alkanes) is 2. The summed E-state index contributed by atoms with van der Waals surface area (Å²) < 4.78 is 5.79. The maximum atomic E-state index is 6.06. The van der Waals surface area contributed by atoms with Crippen LogP contribution in [-0.2, 0) is 0 Å². The van der Waals surface area contributed by atoms with Crippen molar-refractivity contribution < 1.29 is 4.74 Å². The second-order valence-corrected chi connectivity index (χ2v) is 6.83. The molecular formula is C19H34N2O. The maximum absolute atomic E-state index is 6.06. The Kier molecular flexibility index (Phi) is 7.91. The first-order chi connectivity index (χ1) is 10.4. The van der Waals surface area contributed by atoms with E-state index in [0.717, 1.165) is 25.3 Å². The lowest BCUT2D eigenvalue weighted by molar-refractivity contribution is 0.0919. The van der Waals surface area contributed by atoms with E-state index >= 15 is 0 Å². The van der Waals surface area contributed by atoms with Gasteiger partial charge in [-0.15, -0.1) is 0 Å². The van der Waals surface area contributed by atoms with Gasteiger partial charge in [-0.1, -0.05) is 38.8 Å². The van der Waals surface area contributed by atoms with Crippen molar-refractivity contribution in [3.05, 3.63) is 29.8 Å². The van der Waals surface area contributed by atoms with Gasteiger partial charge >= 0.3 is 0 Å². The second-order valence-electron chi connectivity index (χ2n) is 6.83. The van der Waals surface area contributed by atoms with E-state index in [4.69, 9.17) is 10.5 Å². The van der Waals surface area contributed by atoms with Crippen LogP contribution in [0.3, 0.4) is 0 Å². The largest absolute Gasteiger partial charge is 0.494 e. The van der Waals surface area contributed by atoms with E-state index in [1.165, 1.54) is 18.4 Å². The first-order valence-electron chi connectivity index (χ1n) is 8.63. The van der Waals surface area contributed by atoms with Crippen molar-refractivity contribution >= 4 is 0 Å². The molecule has 1 atom stereocenters. The zero-order valence-electron chi connectivity index (χ0n) is 15.1. The SMILES string of the molecule is CCCCCOc1ccc(C(CN)N(CC)C(C)(C)C)cc1. The van der Waals surface area contributed by atoms with Crippen molar-refractivity contribution in [3.8, 4) is 5.75 Å². The Hall–Kier alpha value is -1.06. The fourth-order valence-electron chi connectivity index (χ4n) is 2.93. The molecule has 0 aliphatic rings. The highest BCUT2D eigenvalue weighted by Crippen LogP contribution is 2.28. The Morgan fingerprint density at radius 1 is 1.09 bits per heavy atom. The minimum atomic E-state index is 0.105. The number of nitrogens with zero attached hydrogens (tertiary/aromatic N) is 1. The molecule has 126 valence electrons. The van der Waals surface area contributed by atoms with Crippen LogP contribution in [0.2, 0.25) is 0 Å². The molecule has 0 radical (unpaired) electrons. The Balaban J connectivity index is 2.74. The standard InChI is InChI=1S/C19H34N2O/c1-6-8-9-14-22-17-12-10-16(11-13-17)18(15-20)21(7-2)19(3,4)5/h10-13,18H,6-9,14-15,20H2,1-5H3. The molecule has 1 aromatic rings. The third-order valence-corrected chi connectivity index (χ3v) is 4.08. The summed E-state index contributed by atoms with van der Waals surface area (Å²) in [4.78, 5) is 2.45. The topological polar surface area (TPSA) is 38.5 Å². The van der Waals surface area contributed by atoms with Gasteiger partial charge < -0.3 is 10.5 Å². The molecule has 0 bridgehead atoms. The van der Waals surface area contributed by atoms with E-state index in [2.05, 4.69) is 63.8 Å². The van der Waals surface area contributed by atoms with Gasteiger partial charge in [-0.3, -0.25) is 4.90 Å². The molecule has 22 heavy (non-hydrogen) atoms. The molecule has 0 fully saturated rings. The zero-order valence-corrected chi connectivity index (χ0v) is 15.1. The molecule has 1 aromatic carbocycles. The number of ether oxygens (including phenoxy) is 1. The quantitative estimate of drug-likeness (QED) is 0.688. The van der Waals surface area contributed by atoms with E-state index in [9.17, 15) is 0 Å². The van der Waals surface area contributed by atoms with Gasteiger partial charge in [0.1, 0.15) is 5.75 Å². The molecule has 0 saturated heterocycles. The molecule has 0 amide bonds. The third kappa shape index (κ3) is 5.62. The first-order valence-corrected chi connectivity index (χ1v) is 8.63. The summed E-state index contributed by atoms with van der Waals surface area (Å²) >= 11 is 0. The molecular weight excluding hydrogens is 272 g/mol.